The quantitative estimate of drug-likeness (QED) is 0.270. The van der Waals surface area contributed by atoms with Crippen LogP contribution in [-0.2, 0) is 26.0 Å². The fraction of sp³-hybridized carbons (Fsp3) is 0.267. The number of fused-ring (bicyclic) bond motifs is 1. The smallest absolute Gasteiger partial charge is 0.307 e. The SMILES string of the molecule is CCCS(=O)(=O)N(CCN(C)C)c1ccc(N/C(=C2\C(=O)Nc3cc(F)ccc32)c2cccc(CC(=O)O)c2)cc1. The van der Waals surface area contributed by atoms with Crippen molar-refractivity contribution in [3.05, 3.63) is 89.2 Å². The van der Waals surface area contributed by atoms with E-state index in [1.54, 1.807) is 48.5 Å². The number of carboxylic acids is 1. The van der Waals surface area contributed by atoms with E-state index >= 15 is 0 Å². The van der Waals surface area contributed by atoms with Crippen LogP contribution in [0.15, 0.2) is 66.7 Å². The Bertz CT molecular complexity index is 1590. The standard InChI is InChI=1S/C30H33FN4O5S/c1-4-16-41(39,40)35(15-14-34(2)3)24-11-9-23(10-12-24)32-29(21-7-5-6-20(17-21)18-27(36)37)28-25-13-8-22(31)19-26(25)33-30(28)38/h5-13,17,19,32H,4,14-16,18H2,1-3H3,(H,33,38)(H,36,37)/b29-28-. The van der Waals surface area contributed by atoms with Gasteiger partial charge in [0.2, 0.25) is 10.0 Å². The van der Waals surface area contributed by atoms with Crippen LogP contribution in [0, 0.1) is 5.82 Å². The summed E-state index contributed by atoms with van der Waals surface area (Å²) in [5.41, 5.74) is 3.70. The molecule has 0 bridgehead atoms. The summed E-state index contributed by atoms with van der Waals surface area (Å²) < 4.78 is 41.4. The van der Waals surface area contributed by atoms with E-state index in [-0.39, 0.29) is 17.7 Å². The number of hydrogen-bond acceptors (Lipinski definition) is 6. The molecule has 0 spiro atoms. The van der Waals surface area contributed by atoms with Crippen molar-refractivity contribution in [2.75, 3.05) is 47.9 Å². The van der Waals surface area contributed by atoms with Crippen LogP contribution in [0.5, 0.6) is 0 Å². The molecule has 0 atom stereocenters. The van der Waals surface area contributed by atoms with Crippen molar-refractivity contribution in [1.82, 2.24) is 4.90 Å². The van der Waals surface area contributed by atoms with Crippen LogP contribution in [0.3, 0.4) is 0 Å². The average molecular weight is 581 g/mol. The highest BCUT2D eigenvalue weighted by Crippen LogP contribution is 2.38. The van der Waals surface area contributed by atoms with Crippen LogP contribution in [0.4, 0.5) is 21.5 Å². The van der Waals surface area contributed by atoms with Crippen molar-refractivity contribution in [1.29, 1.82) is 0 Å². The van der Waals surface area contributed by atoms with Gasteiger partial charge in [-0.3, -0.25) is 13.9 Å². The number of halogens is 1. The van der Waals surface area contributed by atoms with Gasteiger partial charge in [0.05, 0.1) is 34.8 Å². The minimum atomic E-state index is -3.53. The van der Waals surface area contributed by atoms with E-state index in [1.165, 1.54) is 22.5 Å². The van der Waals surface area contributed by atoms with Crippen molar-refractivity contribution in [2.24, 2.45) is 0 Å². The lowest BCUT2D eigenvalue weighted by Gasteiger charge is -2.26. The molecule has 0 radical (unpaired) electrons. The summed E-state index contributed by atoms with van der Waals surface area (Å²) in [4.78, 5) is 26.4. The molecule has 41 heavy (non-hydrogen) atoms. The number of benzene rings is 3. The van der Waals surface area contributed by atoms with Crippen LogP contribution in [0.1, 0.15) is 30.0 Å². The number of nitrogens with one attached hydrogen (secondary N) is 2. The van der Waals surface area contributed by atoms with Gasteiger partial charge in [0.25, 0.3) is 5.91 Å². The number of hydrogen-bond donors (Lipinski definition) is 3. The molecule has 0 aromatic heterocycles. The monoisotopic (exact) mass is 580 g/mol. The van der Waals surface area contributed by atoms with E-state index in [2.05, 4.69) is 10.6 Å². The molecule has 3 aromatic rings. The largest absolute Gasteiger partial charge is 0.481 e. The van der Waals surface area contributed by atoms with E-state index in [9.17, 15) is 27.5 Å². The maximum atomic E-state index is 13.9. The minimum Gasteiger partial charge on any atom is -0.481 e. The van der Waals surface area contributed by atoms with Gasteiger partial charge in [-0.15, -0.1) is 0 Å². The second kappa shape index (κ2) is 12.5. The van der Waals surface area contributed by atoms with Crippen LogP contribution >= 0.6 is 0 Å². The molecule has 1 aliphatic heterocycles. The van der Waals surface area contributed by atoms with Gasteiger partial charge in [0, 0.05) is 24.3 Å². The number of carbonyl (C=O) groups excluding carboxylic acids is 1. The van der Waals surface area contributed by atoms with E-state index in [1.807, 2.05) is 25.9 Å². The van der Waals surface area contributed by atoms with Gasteiger partial charge < -0.3 is 20.6 Å². The van der Waals surface area contributed by atoms with Crippen LogP contribution in [0.2, 0.25) is 0 Å². The maximum absolute atomic E-state index is 13.9. The van der Waals surface area contributed by atoms with Gasteiger partial charge in [-0.2, -0.15) is 0 Å². The highest BCUT2D eigenvalue weighted by Gasteiger charge is 2.29. The van der Waals surface area contributed by atoms with Crippen LogP contribution in [0.25, 0.3) is 11.3 Å². The number of aliphatic carboxylic acids is 1. The molecule has 9 nitrogen and oxygen atoms in total. The second-order valence-corrected chi connectivity index (χ2v) is 12.0. The Hall–Kier alpha value is -4.22. The first-order chi connectivity index (χ1) is 19.5. The summed E-state index contributed by atoms with van der Waals surface area (Å²) >= 11 is 0. The third kappa shape index (κ3) is 7.11. The number of sulfonamides is 1. The number of carbonyl (C=O) groups is 2. The van der Waals surface area contributed by atoms with Crippen molar-refractivity contribution in [2.45, 2.75) is 19.8 Å². The van der Waals surface area contributed by atoms with Gasteiger partial charge in [0.1, 0.15) is 5.82 Å². The van der Waals surface area contributed by atoms with Gasteiger partial charge >= 0.3 is 5.97 Å². The predicted octanol–water partition coefficient (Wildman–Crippen LogP) is 4.49. The molecule has 216 valence electrons. The molecule has 0 unspecified atom stereocenters. The normalized spacial score (nSPS) is 14.0. The zero-order valence-electron chi connectivity index (χ0n) is 23.1. The number of anilines is 3. The summed E-state index contributed by atoms with van der Waals surface area (Å²) in [5.74, 6) is -1.89. The number of amides is 1. The highest BCUT2D eigenvalue weighted by molar-refractivity contribution is 7.92. The Labute approximate surface area is 239 Å². The lowest BCUT2D eigenvalue weighted by atomic mass is 9.98. The molecule has 1 amide bonds. The summed E-state index contributed by atoms with van der Waals surface area (Å²) in [6.07, 6.45) is 0.292. The van der Waals surface area contributed by atoms with E-state index < -0.39 is 27.7 Å². The third-order valence-corrected chi connectivity index (χ3v) is 8.51. The van der Waals surface area contributed by atoms with Gasteiger partial charge in [0.15, 0.2) is 0 Å². The van der Waals surface area contributed by atoms with E-state index in [0.29, 0.717) is 59.0 Å². The zero-order valence-corrected chi connectivity index (χ0v) is 24.0. The Morgan fingerprint density at radius 1 is 1.02 bits per heavy atom. The number of rotatable bonds is 12. The lowest BCUT2D eigenvalue weighted by Crippen LogP contribution is -2.38. The molecule has 11 heteroatoms. The molecule has 0 saturated carbocycles. The fourth-order valence-corrected chi connectivity index (χ4v) is 6.17. The van der Waals surface area contributed by atoms with Gasteiger partial charge in [-0.1, -0.05) is 25.1 Å². The van der Waals surface area contributed by atoms with Gasteiger partial charge in [-0.05, 0) is 80.2 Å². The molecule has 1 heterocycles. The molecule has 0 saturated heterocycles. The first-order valence-electron chi connectivity index (χ1n) is 13.2. The molecular formula is C30H33FN4O5S. The van der Waals surface area contributed by atoms with Crippen LogP contribution in [-0.4, -0.2) is 63.2 Å². The Morgan fingerprint density at radius 2 is 1.76 bits per heavy atom. The molecule has 3 N–H and O–H groups in total. The summed E-state index contributed by atoms with van der Waals surface area (Å²) in [6, 6.07) is 17.7. The van der Waals surface area contributed by atoms with Crippen molar-refractivity contribution >= 4 is 50.2 Å². The van der Waals surface area contributed by atoms with E-state index in [4.69, 9.17) is 0 Å². The number of carboxylic acid groups (broad SMARTS) is 1. The van der Waals surface area contributed by atoms with Crippen molar-refractivity contribution < 1.29 is 27.5 Å². The second-order valence-electron chi connectivity index (χ2n) is 10.0. The summed E-state index contributed by atoms with van der Waals surface area (Å²) in [5, 5.41) is 15.3. The zero-order chi connectivity index (χ0) is 29.7. The first kappa shape index (κ1) is 29.8. The number of nitrogens with zero attached hydrogens (tertiary/aromatic N) is 2. The molecule has 0 fully saturated rings. The van der Waals surface area contributed by atoms with E-state index in [0.717, 1.165) is 0 Å². The van der Waals surface area contributed by atoms with Crippen molar-refractivity contribution in [3.63, 3.8) is 0 Å². The molecule has 3 aromatic carbocycles. The predicted molar refractivity (Wildman–Crippen MR) is 160 cm³/mol. The Kier molecular flexibility index (Phi) is 9.09. The maximum Gasteiger partial charge on any atom is 0.307 e. The number of likely N-dealkylation sites (N-methyl/N-ethyl adjacent to an activating group) is 1. The van der Waals surface area contributed by atoms with Crippen LogP contribution < -0.4 is 14.9 Å². The molecule has 1 aliphatic rings. The van der Waals surface area contributed by atoms with Crippen molar-refractivity contribution in [3.8, 4) is 0 Å². The fourth-order valence-electron chi connectivity index (χ4n) is 4.63. The summed E-state index contributed by atoms with van der Waals surface area (Å²) in [7, 11) is 0.231. The van der Waals surface area contributed by atoms with Gasteiger partial charge in [-0.25, -0.2) is 12.8 Å². The average Bonchev–Trinajstić information content (AvgIpc) is 3.22. The lowest BCUT2D eigenvalue weighted by molar-refractivity contribution is -0.136. The Morgan fingerprint density at radius 3 is 2.41 bits per heavy atom. The minimum absolute atomic E-state index is 0.0263. The molecule has 4 rings (SSSR count). The third-order valence-electron chi connectivity index (χ3n) is 6.52. The Balaban J connectivity index is 1.77. The molecule has 0 aliphatic carbocycles. The topological polar surface area (TPSA) is 119 Å². The highest BCUT2D eigenvalue weighted by atomic mass is 32.2. The molecular weight excluding hydrogens is 547 g/mol. The summed E-state index contributed by atoms with van der Waals surface area (Å²) in [6.45, 7) is 2.66. The first-order valence-corrected chi connectivity index (χ1v) is 14.8.